The van der Waals surface area contributed by atoms with Gasteiger partial charge in [-0.15, -0.1) is 11.3 Å². The fourth-order valence-corrected chi connectivity index (χ4v) is 4.55. The van der Waals surface area contributed by atoms with Gasteiger partial charge in [0.25, 0.3) is 0 Å². The molecule has 4 amide bonds. The summed E-state index contributed by atoms with van der Waals surface area (Å²) in [6, 6.07) is 9.16. The molecule has 2 rings (SSSR count). The third-order valence-electron chi connectivity index (χ3n) is 6.39. The number of nitrogens with one attached hydrogen (secondary N) is 3. The fourth-order valence-electron chi connectivity index (χ4n) is 4.05. The van der Waals surface area contributed by atoms with Crippen molar-refractivity contribution in [3.8, 4) is 0 Å². The summed E-state index contributed by atoms with van der Waals surface area (Å²) in [5.74, 6) is -0.282. The molecule has 9 nitrogen and oxygen atoms in total. The Morgan fingerprint density at radius 1 is 1.12 bits per heavy atom. The molecule has 1 aromatic carbocycles. The third kappa shape index (κ3) is 13.3. The number of rotatable bonds is 16. The summed E-state index contributed by atoms with van der Waals surface area (Å²) < 4.78 is 5.42. The van der Waals surface area contributed by atoms with E-state index in [-0.39, 0.29) is 43.2 Å². The number of nitrogens with zero attached hydrogens (tertiary/aromatic N) is 2. The quantitative estimate of drug-likeness (QED) is 0.231. The van der Waals surface area contributed by atoms with Crippen molar-refractivity contribution in [3.63, 3.8) is 0 Å². The number of benzene rings is 1. The van der Waals surface area contributed by atoms with E-state index in [1.807, 2.05) is 69.3 Å². The Bertz CT molecular complexity index is 1150. The number of alkyl carbamates (subject to hydrolysis) is 1. The molecular formula is C31H43N5O4S. The van der Waals surface area contributed by atoms with Gasteiger partial charge in [0.1, 0.15) is 6.61 Å². The van der Waals surface area contributed by atoms with E-state index in [1.165, 1.54) is 16.2 Å². The molecular weight excluding hydrogens is 538 g/mol. The standard InChI is InChI=1S/C31H43N5O4S/c1-6-11-24(12-7-2)17-26(34-29(37)20-33-30(38)36(5)23(3)4)15-16-27(18-25-13-9-8-10-14-25)35-31(39)40-21-28-19-32-22-41-28/h6-14,19,22-23,26-27H,1,15-18,20-21H2,2-5H3,(H,33,38)(H,34,37)(H,35,39). The molecule has 41 heavy (non-hydrogen) atoms. The van der Waals surface area contributed by atoms with E-state index >= 15 is 0 Å². The maximum absolute atomic E-state index is 12.9. The Kier molecular flexibility index (Phi) is 15.0. The largest absolute Gasteiger partial charge is 0.444 e. The third-order valence-corrected chi connectivity index (χ3v) is 7.15. The highest BCUT2D eigenvalue weighted by Gasteiger charge is 2.20. The zero-order valence-corrected chi connectivity index (χ0v) is 25.3. The van der Waals surface area contributed by atoms with Crippen LogP contribution >= 0.6 is 11.3 Å². The molecule has 0 bridgehead atoms. The number of ether oxygens (including phenoxy) is 1. The molecule has 1 aromatic heterocycles. The summed E-state index contributed by atoms with van der Waals surface area (Å²) in [6.07, 6.45) is 11.1. The minimum Gasteiger partial charge on any atom is -0.444 e. The monoisotopic (exact) mass is 581 g/mol. The van der Waals surface area contributed by atoms with Gasteiger partial charge in [-0.25, -0.2) is 9.59 Å². The Morgan fingerprint density at radius 2 is 1.85 bits per heavy atom. The van der Waals surface area contributed by atoms with Crippen molar-refractivity contribution in [2.75, 3.05) is 13.6 Å². The highest BCUT2D eigenvalue weighted by molar-refractivity contribution is 7.09. The highest BCUT2D eigenvalue weighted by Crippen LogP contribution is 2.16. The summed E-state index contributed by atoms with van der Waals surface area (Å²) >= 11 is 1.43. The lowest BCUT2D eigenvalue weighted by Crippen LogP contribution is -2.47. The first-order valence-corrected chi connectivity index (χ1v) is 14.7. The molecule has 0 saturated carbocycles. The average Bonchev–Trinajstić information content (AvgIpc) is 3.47. The topological polar surface area (TPSA) is 113 Å². The molecule has 0 radical (unpaired) electrons. The van der Waals surface area contributed by atoms with Gasteiger partial charge in [0.05, 0.1) is 16.9 Å². The molecule has 0 fully saturated rings. The fraction of sp³-hybridized carbons (Fsp3) is 0.419. The summed E-state index contributed by atoms with van der Waals surface area (Å²) in [4.78, 5) is 44.2. The minimum atomic E-state index is -0.502. The summed E-state index contributed by atoms with van der Waals surface area (Å²) in [6.45, 7) is 9.57. The van der Waals surface area contributed by atoms with Gasteiger partial charge in [0.15, 0.2) is 0 Å². The SMILES string of the molecule is C=CC=C(C=CC)CC(CCC(Cc1ccccc1)NC(=O)OCc1cncs1)NC(=O)CNC(=O)N(C)C(C)C. The van der Waals surface area contributed by atoms with Crippen LogP contribution in [0.1, 0.15) is 50.5 Å². The molecule has 0 aliphatic heterocycles. The van der Waals surface area contributed by atoms with E-state index in [1.54, 1.807) is 24.8 Å². The van der Waals surface area contributed by atoms with Gasteiger partial charge in [0, 0.05) is 31.4 Å². The minimum absolute atomic E-state index is 0.0148. The van der Waals surface area contributed by atoms with Crippen LogP contribution in [0.5, 0.6) is 0 Å². The van der Waals surface area contributed by atoms with Crippen LogP contribution in [0.25, 0.3) is 0 Å². The number of amides is 4. The van der Waals surface area contributed by atoms with Gasteiger partial charge >= 0.3 is 12.1 Å². The van der Waals surface area contributed by atoms with Gasteiger partial charge in [-0.05, 0) is 57.6 Å². The lowest BCUT2D eigenvalue weighted by molar-refractivity contribution is -0.120. The number of hydrogen-bond acceptors (Lipinski definition) is 6. The lowest BCUT2D eigenvalue weighted by atomic mass is 9.95. The van der Waals surface area contributed by atoms with Gasteiger partial charge in [0.2, 0.25) is 5.91 Å². The molecule has 0 spiro atoms. The number of hydrogen-bond donors (Lipinski definition) is 3. The van der Waals surface area contributed by atoms with Crippen molar-refractivity contribution in [1.29, 1.82) is 0 Å². The number of aromatic nitrogens is 1. The van der Waals surface area contributed by atoms with Crippen molar-refractivity contribution in [1.82, 2.24) is 25.8 Å². The second-order valence-electron chi connectivity index (χ2n) is 9.96. The van der Waals surface area contributed by atoms with Gasteiger partial charge < -0.3 is 25.6 Å². The van der Waals surface area contributed by atoms with Crippen LogP contribution in [0.3, 0.4) is 0 Å². The van der Waals surface area contributed by atoms with E-state index in [0.717, 1.165) is 16.0 Å². The lowest BCUT2D eigenvalue weighted by Gasteiger charge is -2.25. The first-order chi connectivity index (χ1) is 19.7. The number of thiazole rings is 1. The Hall–Kier alpha value is -3.92. The molecule has 3 N–H and O–H groups in total. The van der Waals surface area contributed by atoms with Crippen LogP contribution in [-0.2, 0) is 22.6 Å². The molecule has 0 saturated heterocycles. The summed E-state index contributed by atoms with van der Waals surface area (Å²) in [7, 11) is 1.69. The van der Waals surface area contributed by atoms with Crippen LogP contribution in [0.15, 0.2) is 78.5 Å². The molecule has 2 atom stereocenters. The first-order valence-electron chi connectivity index (χ1n) is 13.8. The summed E-state index contributed by atoms with van der Waals surface area (Å²) in [5, 5.41) is 8.75. The van der Waals surface area contributed by atoms with Crippen LogP contribution < -0.4 is 16.0 Å². The molecule has 10 heteroatoms. The van der Waals surface area contributed by atoms with Crippen LogP contribution in [0.4, 0.5) is 9.59 Å². The van der Waals surface area contributed by atoms with Crippen molar-refractivity contribution < 1.29 is 19.1 Å². The van der Waals surface area contributed by atoms with E-state index in [2.05, 4.69) is 27.5 Å². The van der Waals surface area contributed by atoms with Gasteiger partial charge in [-0.1, -0.05) is 61.2 Å². The van der Waals surface area contributed by atoms with Crippen molar-refractivity contribution in [2.24, 2.45) is 0 Å². The smallest absolute Gasteiger partial charge is 0.407 e. The second-order valence-corrected chi connectivity index (χ2v) is 10.9. The van der Waals surface area contributed by atoms with Crippen molar-refractivity contribution >= 4 is 29.4 Å². The van der Waals surface area contributed by atoms with Crippen LogP contribution in [0.2, 0.25) is 0 Å². The van der Waals surface area contributed by atoms with Gasteiger partial charge in [-0.3, -0.25) is 9.78 Å². The number of carbonyl (C=O) groups excluding carboxylic acids is 3. The van der Waals surface area contributed by atoms with E-state index in [9.17, 15) is 14.4 Å². The zero-order chi connectivity index (χ0) is 30.0. The molecule has 0 aliphatic rings. The predicted molar refractivity (Wildman–Crippen MR) is 165 cm³/mol. The number of carbonyl (C=O) groups is 3. The van der Waals surface area contributed by atoms with E-state index in [0.29, 0.717) is 25.7 Å². The second kappa shape index (κ2) is 18.4. The van der Waals surface area contributed by atoms with Crippen molar-refractivity contribution in [2.45, 2.75) is 71.2 Å². The predicted octanol–water partition coefficient (Wildman–Crippen LogP) is 5.37. The maximum atomic E-state index is 12.9. The average molecular weight is 582 g/mol. The molecule has 1 heterocycles. The molecule has 2 aromatic rings. The Labute approximate surface area is 247 Å². The van der Waals surface area contributed by atoms with E-state index in [4.69, 9.17) is 4.74 Å². The zero-order valence-electron chi connectivity index (χ0n) is 24.5. The maximum Gasteiger partial charge on any atom is 0.407 e. The van der Waals surface area contributed by atoms with Crippen LogP contribution in [0, 0.1) is 0 Å². The molecule has 2 unspecified atom stereocenters. The summed E-state index contributed by atoms with van der Waals surface area (Å²) in [5.41, 5.74) is 3.78. The Balaban J connectivity index is 2.10. The normalized spacial score (nSPS) is 13.0. The van der Waals surface area contributed by atoms with Gasteiger partial charge in [-0.2, -0.15) is 0 Å². The van der Waals surface area contributed by atoms with Crippen molar-refractivity contribution in [3.05, 3.63) is 88.9 Å². The first kappa shape index (κ1) is 33.3. The number of allylic oxidation sites excluding steroid dienone is 4. The van der Waals surface area contributed by atoms with E-state index < -0.39 is 6.09 Å². The van der Waals surface area contributed by atoms with Crippen LogP contribution in [-0.4, -0.2) is 59.6 Å². The number of urea groups is 1. The highest BCUT2D eigenvalue weighted by atomic mass is 32.1. The molecule has 222 valence electrons. The Morgan fingerprint density at radius 3 is 2.49 bits per heavy atom. The molecule has 0 aliphatic carbocycles.